The highest BCUT2D eigenvalue weighted by molar-refractivity contribution is 5.83. The van der Waals surface area contributed by atoms with Crippen LogP contribution in [0.15, 0.2) is 49.1 Å². The van der Waals surface area contributed by atoms with E-state index >= 15 is 0 Å². The Hall–Kier alpha value is -3.06. The lowest BCUT2D eigenvalue weighted by molar-refractivity contribution is -0.134. The smallest absolute Gasteiger partial charge is 0.244 e. The average Bonchev–Trinajstić information content (AvgIpc) is 3.00. The Morgan fingerprint density at radius 1 is 1.12 bits per heavy atom. The van der Waals surface area contributed by atoms with E-state index < -0.39 is 6.04 Å². The Bertz CT molecular complexity index is 801. The van der Waals surface area contributed by atoms with E-state index in [1.54, 1.807) is 29.7 Å². The maximum absolute atomic E-state index is 13.2. The Kier molecular flexibility index (Phi) is 5.38. The number of nitrogens with one attached hydrogen (secondary N) is 1. The molecule has 0 saturated heterocycles. The summed E-state index contributed by atoms with van der Waals surface area (Å²) in [6.07, 6.45) is 6.92. The Morgan fingerprint density at radius 2 is 1.69 bits per heavy atom. The summed E-state index contributed by atoms with van der Waals surface area (Å²) in [7, 11) is 0. The fourth-order valence-electron chi connectivity index (χ4n) is 2.97. The summed E-state index contributed by atoms with van der Waals surface area (Å²) in [4.78, 5) is 23.2. The zero-order chi connectivity index (χ0) is 18.5. The maximum atomic E-state index is 13.2. The van der Waals surface area contributed by atoms with E-state index in [2.05, 4.69) is 20.2 Å². The fraction of sp³-hybridized carbons (Fsp3) is 0.263. The van der Waals surface area contributed by atoms with Crippen LogP contribution in [0.3, 0.4) is 0 Å². The molecular weight excluding hydrogens is 328 g/mol. The summed E-state index contributed by atoms with van der Waals surface area (Å²) in [6, 6.07) is 6.81. The molecule has 0 aliphatic carbocycles. The van der Waals surface area contributed by atoms with Gasteiger partial charge < -0.3 is 10.6 Å². The van der Waals surface area contributed by atoms with Gasteiger partial charge >= 0.3 is 0 Å². The third-order valence-electron chi connectivity index (χ3n) is 4.27. The van der Waals surface area contributed by atoms with Crippen molar-refractivity contribution in [1.29, 1.82) is 0 Å². The molecule has 0 radical (unpaired) electrons. The van der Waals surface area contributed by atoms with Crippen molar-refractivity contribution in [2.24, 2.45) is 5.73 Å². The number of carbonyl (C=O) groups excluding carboxylic acids is 1. The zero-order valence-corrected chi connectivity index (χ0v) is 14.9. The van der Waals surface area contributed by atoms with Crippen molar-refractivity contribution in [3.8, 4) is 0 Å². The van der Waals surface area contributed by atoms with Crippen LogP contribution in [-0.4, -0.2) is 31.0 Å². The van der Waals surface area contributed by atoms with Gasteiger partial charge in [-0.3, -0.25) is 19.9 Å². The lowest BCUT2D eigenvalue weighted by Crippen LogP contribution is -2.38. The quantitative estimate of drug-likeness (QED) is 0.708. The summed E-state index contributed by atoms with van der Waals surface area (Å²) >= 11 is 0. The van der Waals surface area contributed by atoms with Crippen LogP contribution in [0, 0.1) is 13.8 Å². The predicted octanol–water partition coefficient (Wildman–Crippen LogP) is 2.05. The second-order valence-corrected chi connectivity index (χ2v) is 6.24. The highest BCUT2D eigenvalue weighted by atomic mass is 16.2. The van der Waals surface area contributed by atoms with E-state index in [0.29, 0.717) is 13.1 Å². The first-order chi connectivity index (χ1) is 12.6. The van der Waals surface area contributed by atoms with Crippen molar-refractivity contribution < 1.29 is 4.79 Å². The first-order valence-electron chi connectivity index (χ1n) is 8.40. The minimum Gasteiger partial charge on any atom is -0.332 e. The Balaban J connectivity index is 1.87. The molecule has 3 aromatic rings. The molecule has 3 rings (SSSR count). The molecule has 0 bridgehead atoms. The van der Waals surface area contributed by atoms with Crippen LogP contribution in [0.1, 0.15) is 34.1 Å². The van der Waals surface area contributed by atoms with Crippen molar-refractivity contribution in [2.45, 2.75) is 33.0 Å². The van der Waals surface area contributed by atoms with Crippen LogP contribution >= 0.6 is 0 Å². The van der Waals surface area contributed by atoms with Crippen LogP contribution in [0.4, 0.5) is 0 Å². The molecule has 0 fully saturated rings. The van der Waals surface area contributed by atoms with Gasteiger partial charge in [-0.25, -0.2) is 0 Å². The van der Waals surface area contributed by atoms with E-state index in [9.17, 15) is 4.79 Å². The fourth-order valence-corrected chi connectivity index (χ4v) is 2.97. The topological polar surface area (TPSA) is 101 Å². The van der Waals surface area contributed by atoms with Gasteiger partial charge in [0.25, 0.3) is 0 Å². The average molecular weight is 350 g/mol. The second-order valence-electron chi connectivity index (χ2n) is 6.24. The van der Waals surface area contributed by atoms with Crippen LogP contribution < -0.4 is 5.73 Å². The van der Waals surface area contributed by atoms with E-state index in [1.165, 1.54) is 0 Å². The van der Waals surface area contributed by atoms with Crippen molar-refractivity contribution in [3.63, 3.8) is 0 Å². The lowest BCUT2D eigenvalue weighted by Gasteiger charge is -2.26. The molecule has 3 N–H and O–H groups in total. The van der Waals surface area contributed by atoms with Gasteiger partial charge in [0, 0.05) is 49.1 Å². The van der Waals surface area contributed by atoms with Crippen LogP contribution in [0.2, 0.25) is 0 Å². The molecule has 134 valence electrons. The number of amides is 1. The van der Waals surface area contributed by atoms with Crippen molar-refractivity contribution in [2.75, 3.05) is 0 Å². The summed E-state index contributed by atoms with van der Waals surface area (Å²) in [6.45, 7) is 4.56. The molecule has 26 heavy (non-hydrogen) atoms. The maximum Gasteiger partial charge on any atom is 0.244 e. The minimum absolute atomic E-state index is 0.162. The monoisotopic (exact) mass is 350 g/mol. The molecule has 1 amide bonds. The number of nitrogens with zero attached hydrogens (tertiary/aromatic N) is 4. The number of hydrogen-bond acceptors (Lipinski definition) is 5. The van der Waals surface area contributed by atoms with Crippen molar-refractivity contribution >= 4 is 5.91 Å². The molecule has 7 nitrogen and oxygen atoms in total. The number of aryl methyl sites for hydroxylation is 2. The van der Waals surface area contributed by atoms with Crippen LogP contribution in [0.25, 0.3) is 0 Å². The molecule has 0 aliphatic heterocycles. The first kappa shape index (κ1) is 17.8. The summed E-state index contributed by atoms with van der Waals surface area (Å²) < 4.78 is 0. The molecule has 0 aromatic carbocycles. The van der Waals surface area contributed by atoms with Crippen molar-refractivity contribution in [3.05, 3.63) is 77.1 Å². The highest BCUT2D eigenvalue weighted by Crippen LogP contribution is 2.21. The number of hydrogen-bond donors (Lipinski definition) is 2. The van der Waals surface area contributed by atoms with Gasteiger partial charge in [-0.2, -0.15) is 5.10 Å². The molecule has 3 aromatic heterocycles. The summed E-state index contributed by atoms with van der Waals surface area (Å²) in [5.74, 6) is -0.162. The predicted molar refractivity (Wildman–Crippen MR) is 97.7 cm³/mol. The van der Waals surface area contributed by atoms with Gasteiger partial charge in [-0.15, -0.1) is 0 Å². The van der Waals surface area contributed by atoms with Gasteiger partial charge in [-0.05, 0) is 37.1 Å². The van der Waals surface area contributed by atoms with Crippen molar-refractivity contribution in [1.82, 2.24) is 25.1 Å². The standard InChI is InChI=1S/C19H22N6O/c1-13-17(14(2)24-23-13)18(20)19(26)25(11-15-5-3-7-21-9-15)12-16-6-4-8-22-10-16/h3-10,18H,11-12,20H2,1-2H3,(H,23,24)/t18-/m0/s1. The van der Waals surface area contributed by atoms with E-state index in [4.69, 9.17) is 5.73 Å². The number of carbonyl (C=O) groups is 1. The molecule has 7 heteroatoms. The summed E-state index contributed by atoms with van der Waals surface area (Å²) in [5.41, 5.74) is 10.5. The molecular formula is C19H22N6O. The Morgan fingerprint density at radius 3 is 2.12 bits per heavy atom. The number of pyridine rings is 2. The van der Waals surface area contributed by atoms with Crippen LogP contribution in [0.5, 0.6) is 0 Å². The third-order valence-corrected chi connectivity index (χ3v) is 4.27. The number of rotatable bonds is 6. The lowest BCUT2D eigenvalue weighted by atomic mass is 10.0. The number of aromatic nitrogens is 4. The van der Waals surface area contributed by atoms with Gasteiger partial charge in [0.05, 0.1) is 5.69 Å². The molecule has 0 saturated carbocycles. The van der Waals surface area contributed by atoms with Gasteiger partial charge in [-0.1, -0.05) is 12.1 Å². The van der Waals surface area contributed by atoms with Gasteiger partial charge in [0.1, 0.15) is 6.04 Å². The highest BCUT2D eigenvalue weighted by Gasteiger charge is 2.27. The van der Waals surface area contributed by atoms with Gasteiger partial charge in [0.2, 0.25) is 5.91 Å². The SMILES string of the molecule is Cc1n[nH]c(C)c1[C@H](N)C(=O)N(Cc1cccnc1)Cc1cccnc1. The normalized spacial score (nSPS) is 12.0. The third kappa shape index (κ3) is 3.94. The second kappa shape index (κ2) is 7.88. The Labute approximate surface area is 152 Å². The van der Waals surface area contributed by atoms with E-state index in [1.807, 2.05) is 38.1 Å². The van der Waals surface area contributed by atoms with Gasteiger partial charge in [0.15, 0.2) is 0 Å². The molecule has 0 unspecified atom stereocenters. The largest absolute Gasteiger partial charge is 0.332 e. The first-order valence-corrected chi connectivity index (χ1v) is 8.40. The zero-order valence-electron chi connectivity index (χ0n) is 14.9. The van der Waals surface area contributed by atoms with Crippen LogP contribution in [-0.2, 0) is 17.9 Å². The minimum atomic E-state index is -0.776. The van der Waals surface area contributed by atoms with E-state index in [-0.39, 0.29) is 5.91 Å². The van der Waals surface area contributed by atoms with E-state index in [0.717, 1.165) is 28.1 Å². The molecule has 1 atom stereocenters. The molecule has 3 heterocycles. The molecule has 0 spiro atoms. The number of nitrogens with two attached hydrogens (primary N) is 1. The number of aromatic amines is 1. The summed E-state index contributed by atoms with van der Waals surface area (Å²) in [5, 5.41) is 7.04. The molecule has 0 aliphatic rings. The number of H-pyrrole nitrogens is 1.